The highest BCUT2D eigenvalue weighted by Crippen LogP contribution is 2.28. The highest BCUT2D eigenvalue weighted by atomic mass is 79.9. The lowest BCUT2D eigenvalue weighted by atomic mass is 9.97. The molecule has 0 bridgehead atoms. The van der Waals surface area contributed by atoms with Gasteiger partial charge in [-0.15, -0.1) is 11.3 Å². The van der Waals surface area contributed by atoms with E-state index in [2.05, 4.69) is 53.0 Å². The first-order valence-electron chi connectivity index (χ1n) is 7.25. The number of hydrogen-bond acceptors (Lipinski definition) is 3. The number of halogens is 1. The number of rotatable bonds is 5. The van der Waals surface area contributed by atoms with Gasteiger partial charge in [0.05, 0.1) is 0 Å². The van der Waals surface area contributed by atoms with Crippen LogP contribution in [-0.2, 0) is 6.54 Å². The summed E-state index contributed by atoms with van der Waals surface area (Å²) < 4.78 is 1.27. The molecule has 1 fully saturated rings. The predicted octanol–water partition coefficient (Wildman–Crippen LogP) is 4.03. The van der Waals surface area contributed by atoms with Gasteiger partial charge in [-0.1, -0.05) is 13.8 Å². The Balaban J connectivity index is 1.83. The Bertz CT molecular complexity index is 383. The summed E-state index contributed by atoms with van der Waals surface area (Å²) in [7, 11) is 0. The lowest BCUT2D eigenvalue weighted by Crippen LogP contribution is -2.40. The summed E-state index contributed by atoms with van der Waals surface area (Å²) in [5.74, 6) is 0.820. The number of thiophene rings is 1. The third-order valence-electron chi connectivity index (χ3n) is 3.71. The zero-order valence-electron chi connectivity index (χ0n) is 12.2. The van der Waals surface area contributed by atoms with Crippen molar-refractivity contribution in [2.75, 3.05) is 19.6 Å². The van der Waals surface area contributed by atoms with E-state index >= 15 is 0 Å². The molecule has 0 radical (unpaired) electrons. The van der Waals surface area contributed by atoms with E-state index in [1.807, 2.05) is 11.3 Å². The monoisotopic (exact) mass is 344 g/mol. The van der Waals surface area contributed by atoms with Crippen molar-refractivity contribution < 1.29 is 0 Å². The molecular formula is C15H25BrN2S. The Labute approximate surface area is 129 Å². The van der Waals surface area contributed by atoms with Gasteiger partial charge in [-0.05, 0) is 60.8 Å². The quantitative estimate of drug-likeness (QED) is 0.867. The molecule has 2 heterocycles. The molecule has 0 aliphatic carbocycles. The van der Waals surface area contributed by atoms with Crippen molar-refractivity contribution in [3.63, 3.8) is 0 Å². The fourth-order valence-corrected chi connectivity index (χ4v) is 4.32. The number of nitrogens with one attached hydrogen (secondary N) is 1. The summed E-state index contributed by atoms with van der Waals surface area (Å²) in [5.41, 5.74) is 0. The lowest BCUT2D eigenvalue weighted by molar-refractivity contribution is 0.165. The molecule has 1 aromatic heterocycles. The van der Waals surface area contributed by atoms with Crippen LogP contribution in [0.15, 0.2) is 10.5 Å². The molecule has 4 heteroatoms. The van der Waals surface area contributed by atoms with Crippen LogP contribution in [0.5, 0.6) is 0 Å². The van der Waals surface area contributed by atoms with Crippen LogP contribution in [-0.4, -0.2) is 30.6 Å². The van der Waals surface area contributed by atoms with E-state index in [9.17, 15) is 0 Å². The molecule has 1 aromatic rings. The molecule has 1 aliphatic rings. The molecule has 0 spiro atoms. The van der Waals surface area contributed by atoms with Crippen molar-refractivity contribution in [3.8, 4) is 0 Å². The topological polar surface area (TPSA) is 15.3 Å². The van der Waals surface area contributed by atoms with Crippen LogP contribution >= 0.6 is 27.3 Å². The fourth-order valence-electron chi connectivity index (χ4n) is 2.68. The standard InChI is InChI=1S/C15H25BrN2S/c1-11(2)17-8-13-5-4-6-18(9-13)10-14-7-15(16)12(3)19-14/h7,11,13,17H,4-6,8-10H2,1-3H3. The lowest BCUT2D eigenvalue weighted by Gasteiger charge is -2.33. The Kier molecular flexibility index (Phi) is 5.87. The third kappa shape index (κ3) is 4.85. The Morgan fingerprint density at radius 1 is 1.53 bits per heavy atom. The fraction of sp³-hybridized carbons (Fsp3) is 0.733. The van der Waals surface area contributed by atoms with Gasteiger partial charge in [-0.25, -0.2) is 0 Å². The Morgan fingerprint density at radius 2 is 2.32 bits per heavy atom. The van der Waals surface area contributed by atoms with E-state index in [-0.39, 0.29) is 0 Å². The number of hydrogen-bond donors (Lipinski definition) is 1. The van der Waals surface area contributed by atoms with Gasteiger partial charge in [-0.3, -0.25) is 4.90 Å². The van der Waals surface area contributed by atoms with Gasteiger partial charge in [0.1, 0.15) is 0 Å². The largest absolute Gasteiger partial charge is 0.314 e. The molecule has 108 valence electrons. The van der Waals surface area contributed by atoms with Gasteiger partial charge in [0.15, 0.2) is 0 Å². The molecule has 2 rings (SSSR count). The second-order valence-corrected chi connectivity index (χ2v) is 8.12. The highest BCUT2D eigenvalue weighted by Gasteiger charge is 2.20. The van der Waals surface area contributed by atoms with Crippen molar-refractivity contribution in [1.29, 1.82) is 0 Å². The average molecular weight is 345 g/mol. The SMILES string of the molecule is Cc1sc(CN2CCCC(CNC(C)C)C2)cc1Br. The summed E-state index contributed by atoms with van der Waals surface area (Å²) in [6, 6.07) is 2.89. The van der Waals surface area contributed by atoms with Crippen molar-refractivity contribution in [2.45, 2.75) is 46.2 Å². The van der Waals surface area contributed by atoms with Crippen molar-refractivity contribution in [1.82, 2.24) is 10.2 Å². The van der Waals surface area contributed by atoms with Gasteiger partial charge in [0.25, 0.3) is 0 Å². The van der Waals surface area contributed by atoms with E-state index in [1.54, 1.807) is 0 Å². The molecule has 0 amide bonds. The molecule has 2 nitrogen and oxygen atoms in total. The summed E-state index contributed by atoms with van der Waals surface area (Å²) >= 11 is 5.54. The van der Waals surface area contributed by atoms with Crippen LogP contribution in [0.4, 0.5) is 0 Å². The van der Waals surface area contributed by atoms with Crippen LogP contribution in [0.2, 0.25) is 0 Å². The maximum absolute atomic E-state index is 3.62. The van der Waals surface area contributed by atoms with Gasteiger partial charge in [0.2, 0.25) is 0 Å². The number of likely N-dealkylation sites (tertiary alicyclic amines) is 1. The second kappa shape index (κ2) is 7.21. The van der Waals surface area contributed by atoms with E-state index < -0.39 is 0 Å². The van der Waals surface area contributed by atoms with E-state index in [0.29, 0.717) is 6.04 Å². The maximum atomic E-state index is 3.62. The first-order valence-corrected chi connectivity index (χ1v) is 8.86. The van der Waals surface area contributed by atoms with E-state index in [0.717, 1.165) is 12.5 Å². The molecule has 1 atom stereocenters. The van der Waals surface area contributed by atoms with Crippen LogP contribution in [0, 0.1) is 12.8 Å². The van der Waals surface area contributed by atoms with Crippen LogP contribution in [0.25, 0.3) is 0 Å². The first kappa shape index (κ1) is 15.5. The predicted molar refractivity (Wildman–Crippen MR) is 87.9 cm³/mol. The maximum Gasteiger partial charge on any atom is 0.0328 e. The van der Waals surface area contributed by atoms with Crippen LogP contribution in [0.1, 0.15) is 36.4 Å². The molecule has 1 aliphatic heterocycles. The highest BCUT2D eigenvalue weighted by molar-refractivity contribution is 9.10. The number of nitrogens with zero attached hydrogens (tertiary/aromatic N) is 1. The van der Waals surface area contributed by atoms with Gasteiger partial charge in [0, 0.05) is 33.4 Å². The first-order chi connectivity index (χ1) is 9.04. The van der Waals surface area contributed by atoms with Crippen LogP contribution < -0.4 is 5.32 Å². The average Bonchev–Trinajstić information content (AvgIpc) is 2.66. The molecule has 19 heavy (non-hydrogen) atoms. The van der Waals surface area contributed by atoms with Crippen molar-refractivity contribution in [2.24, 2.45) is 5.92 Å². The normalized spacial score (nSPS) is 21.2. The number of piperidine rings is 1. The molecule has 1 unspecified atom stereocenters. The van der Waals surface area contributed by atoms with Gasteiger partial charge < -0.3 is 5.32 Å². The minimum absolute atomic E-state index is 0.603. The zero-order chi connectivity index (χ0) is 13.8. The summed E-state index contributed by atoms with van der Waals surface area (Å²) in [6.45, 7) is 11.4. The smallest absolute Gasteiger partial charge is 0.0328 e. The summed E-state index contributed by atoms with van der Waals surface area (Å²) in [6.07, 6.45) is 2.72. The van der Waals surface area contributed by atoms with E-state index in [4.69, 9.17) is 0 Å². The van der Waals surface area contributed by atoms with E-state index in [1.165, 1.54) is 46.7 Å². The van der Waals surface area contributed by atoms with Crippen molar-refractivity contribution >= 4 is 27.3 Å². The molecule has 1 saturated heterocycles. The summed E-state index contributed by atoms with van der Waals surface area (Å²) in [4.78, 5) is 5.50. The minimum atomic E-state index is 0.603. The van der Waals surface area contributed by atoms with Crippen LogP contribution in [0.3, 0.4) is 0 Å². The Hall–Kier alpha value is 0.100. The Morgan fingerprint density at radius 3 is 2.95 bits per heavy atom. The minimum Gasteiger partial charge on any atom is -0.314 e. The summed E-state index contributed by atoms with van der Waals surface area (Å²) in [5, 5.41) is 3.58. The zero-order valence-corrected chi connectivity index (χ0v) is 14.6. The molecule has 0 saturated carbocycles. The van der Waals surface area contributed by atoms with Gasteiger partial charge >= 0.3 is 0 Å². The molecule has 1 N–H and O–H groups in total. The number of aryl methyl sites for hydroxylation is 1. The molecule has 0 aromatic carbocycles. The second-order valence-electron chi connectivity index (χ2n) is 5.92. The third-order valence-corrected chi connectivity index (χ3v) is 5.83. The van der Waals surface area contributed by atoms with Crippen molar-refractivity contribution in [3.05, 3.63) is 20.3 Å². The van der Waals surface area contributed by atoms with Gasteiger partial charge in [-0.2, -0.15) is 0 Å². The molecular weight excluding hydrogens is 320 g/mol.